The maximum atomic E-state index is 13.5. The van der Waals surface area contributed by atoms with Crippen molar-refractivity contribution in [1.82, 2.24) is 9.88 Å². The number of nitrogens with zero attached hydrogens (tertiary/aromatic N) is 3. The van der Waals surface area contributed by atoms with Crippen molar-refractivity contribution in [3.63, 3.8) is 0 Å². The van der Waals surface area contributed by atoms with E-state index in [9.17, 15) is 4.79 Å². The van der Waals surface area contributed by atoms with Gasteiger partial charge in [0.2, 0.25) is 0 Å². The number of hydrogen-bond acceptors (Lipinski definition) is 7. The molecular formula is C24H31N3O4S. The van der Waals surface area contributed by atoms with E-state index in [0.717, 1.165) is 23.1 Å². The van der Waals surface area contributed by atoms with Crippen molar-refractivity contribution in [1.29, 1.82) is 0 Å². The van der Waals surface area contributed by atoms with Crippen LogP contribution < -0.4 is 19.1 Å². The molecule has 2 aromatic carbocycles. The largest absolute Gasteiger partial charge is 0.494 e. The number of ether oxygens (including phenoxy) is 3. The van der Waals surface area contributed by atoms with Gasteiger partial charge in [0.15, 0.2) is 16.6 Å². The minimum absolute atomic E-state index is 0.106. The summed E-state index contributed by atoms with van der Waals surface area (Å²) in [5.41, 5.74) is 1.34. The number of aromatic nitrogens is 1. The van der Waals surface area contributed by atoms with Crippen LogP contribution in [0.25, 0.3) is 10.2 Å². The number of thiazole rings is 1. The van der Waals surface area contributed by atoms with E-state index in [1.54, 1.807) is 25.2 Å². The second kappa shape index (κ2) is 11.2. The van der Waals surface area contributed by atoms with E-state index < -0.39 is 0 Å². The minimum atomic E-state index is -0.106. The monoisotopic (exact) mass is 457 g/mol. The molecule has 0 aliphatic rings. The molecule has 32 heavy (non-hydrogen) atoms. The molecule has 1 aromatic heterocycles. The Kier molecular flexibility index (Phi) is 8.30. The summed E-state index contributed by atoms with van der Waals surface area (Å²) in [4.78, 5) is 22.1. The van der Waals surface area contributed by atoms with E-state index in [1.165, 1.54) is 11.3 Å². The second-order valence-electron chi connectivity index (χ2n) is 7.66. The maximum absolute atomic E-state index is 13.5. The van der Waals surface area contributed by atoms with Crippen LogP contribution in [0.1, 0.15) is 30.1 Å². The van der Waals surface area contributed by atoms with Crippen molar-refractivity contribution < 1.29 is 19.0 Å². The van der Waals surface area contributed by atoms with Crippen LogP contribution in [0.5, 0.6) is 17.2 Å². The Morgan fingerprint density at radius 3 is 2.50 bits per heavy atom. The summed E-state index contributed by atoms with van der Waals surface area (Å²) >= 11 is 1.46. The van der Waals surface area contributed by atoms with Gasteiger partial charge < -0.3 is 19.1 Å². The van der Waals surface area contributed by atoms with Crippen molar-refractivity contribution in [2.24, 2.45) is 0 Å². The van der Waals surface area contributed by atoms with Crippen LogP contribution in [-0.2, 0) is 0 Å². The average molecular weight is 458 g/mol. The minimum Gasteiger partial charge on any atom is -0.494 e. The molecular weight excluding hydrogens is 426 g/mol. The van der Waals surface area contributed by atoms with Crippen LogP contribution in [0, 0.1) is 0 Å². The highest BCUT2D eigenvalue weighted by Crippen LogP contribution is 2.37. The molecule has 0 atom stereocenters. The summed E-state index contributed by atoms with van der Waals surface area (Å²) in [6.07, 6.45) is 2.04. The zero-order valence-corrected chi connectivity index (χ0v) is 20.2. The van der Waals surface area contributed by atoms with Crippen molar-refractivity contribution >= 4 is 32.6 Å². The molecule has 3 rings (SSSR count). The number of rotatable bonds is 11. The molecule has 8 heteroatoms. The highest BCUT2D eigenvalue weighted by molar-refractivity contribution is 7.22. The molecule has 1 heterocycles. The highest BCUT2D eigenvalue weighted by Gasteiger charge is 2.22. The van der Waals surface area contributed by atoms with Crippen LogP contribution in [0.2, 0.25) is 0 Å². The predicted molar refractivity (Wildman–Crippen MR) is 130 cm³/mol. The third kappa shape index (κ3) is 5.69. The molecule has 0 fully saturated rings. The van der Waals surface area contributed by atoms with Gasteiger partial charge in [-0.3, -0.25) is 9.69 Å². The normalized spacial score (nSPS) is 11.1. The Bertz CT molecular complexity index is 1010. The Hall–Kier alpha value is -2.84. The quantitative estimate of drug-likeness (QED) is 0.389. The summed E-state index contributed by atoms with van der Waals surface area (Å²) in [7, 11) is 7.17. The van der Waals surface area contributed by atoms with Gasteiger partial charge in [-0.1, -0.05) is 30.7 Å². The SMILES string of the molecule is CCCCOc1cccc(C(=O)N(CCN(C)C)c2nc3cc(OC)c(OC)cc3s2)c1. The van der Waals surface area contributed by atoms with Gasteiger partial charge in [-0.15, -0.1) is 0 Å². The lowest BCUT2D eigenvalue weighted by molar-refractivity contribution is 0.0984. The number of carbonyl (C=O) groups excluding carboxylic acids is 1. The van der Waals surface area contributed by atoms with Crippen molar-refractivity contribution in [2.45, 2.75) is 19.8 Å². The summed E-state index contributed by atoms with van der Waals surface area (Å²) in [5.74, 6) is 1.85. The third-order valence-corrected chi connectivity index (χ3v) is 6.02. The molecule has 0 aliphatic heterocycles. The molecule has 172 valence electrons. The van der Waals surface area contributed by atoms with Gasteiger partial charge in [0, 0.05) is 30.8 Å². The lowest BCUT2D eigenvalue weighted by Gasteiger charge is -2.22. The highest BCUT2D eigenvalue weighted by atomic mass is 32.1. The van der Waals surface area contributed by atoms with Crippen molar-refractivity contribution in [3.8, 4) is 17.2 Å². The second-order valence-corrected chi connectivity index (χ2v) is 8.67. The molecule has 0 N–H and O–H groups in total. The number of carbonyl (C=O) groups is 1. The van der Waals surface area contributed by atoms with Gasteiger partial charge in [0.25, 0.3) is 5.91 Å². The molecule has 0 saturated carbocycles. The first kappa shape index (κ1) is 23.8. The van der Waals surface area contributed by atoms with Gasteiger partial charge in [0.1, 0.15) is 5.75 Å². The molecule has 0 spiro atoms. The van der Waals surface area contributed by atoms with Gasteiger partial charge in [-0.05, 0) is 38.7 Å². The Morgan fingerprint density at radius 2 is 1.81 bits per heavy atom. The number of likely N-dealkylation sites (N-methyl/N-ethyl adjacent to an activating group) is 1. The molecule has 0 bridgehead atoms. The van der Waals surface area contributed by atoms with E-state index in [4.69, 9.17) is 19.2 Å². The molecule has 0 unspecified atom stereocenters. The Morgan fingerprint density at radius 1 is 1.06 bits per heavy atom. The smallest absolute Gasteiger partial charge is 0.260 e. The van der Waals surface area contributed by atoms with E-state index in [-0.39, 0.29) is 5.91 Å². The van der Waals surface area contributed by atoms with Crippen LogP contribution in [0.3, 0.4) is 0 Å². The summed E-state index contributed by atoms with van der Waals surface area (Å²) in [6, 6.07) is 11.1. The fourth-order valence-electron chi connectivity index (χ4n) is 3.15. The topological polar surface area (TPSA) is 64.1 Å². The van der Waals surface area contributed by atoms with E-state index in [1.807, 2.05) is 49.3 Å². The summed E-state index contributed by atoms with van der Waals surface area (Å²) < 4.78 is 17.5. The van der Waals surface area contributed by atoms with Crippen LogP contribution in [0.4, 0.5) is 5.13 Å². The standard InChI is InChI=1S/C24H31N3O4S/c1-6-7-13-31-18-10-8-9-17(14-18)23(28)27(12-11-26(2)3)24-25-19-15-20(29-4)21(30-5)16-22(19)32-24/h8-10,14-16H,6-7,11-13H2,1-5H3. The van der Waals surface area contributed by atoms with Crippen molar-refractivity contribution in [3.05, 3.63) is 42.0 Å². The van der Waals surface area contributed by atoms with Crippen molar-refractivity contribution in [2.75, 3.05) is 52.9 Å². The number of methoxy groups -OCH3 is 2. The lowest BCUT2D eigenvalue weighted by atomic mass is 10.2. The zero-order valence-electron chi connectivity index (χ0n) is 19.4. The first-order valence-corrected chi connectivity index (χ1v) is 11.5. The van der Waals surface area contributed by atoms with Crippen LogP contribution >= 0.6 is 11.3 Å². The Labute approximate surface area is 193 Å². The summed E-state index contributed by atoms with van der Waals surface area (Å²) in [5, 5.41) is 0.638. The number of amides is 1. The number of benzene rings is 2. The van der Waals surface area contributed by atoms with E-state index >= 15 is 0 Å². The lowest BCUT2D eigenvalue weighted by Crippen LogP contribution is -2.36. The molecule has 0 aliphatic carbocycles. The van der Waals surface area contributed by atoms with Gasteiger partial charge in [-0.25, -0.2) is 4.98 Å². The summed E-state index contributed by atoms with van der Waals surface area (Å²) in [6.45, 7) is 3.98. The molecule has 7 nitrogen and oxygen atoms in total. The van der Waals surface area contributed by atoms with Gasteiger partial charge >= 0.3 is 0 Å². The zero-order chi connectivity index (χ0) is 23.1. The fourth-order valence-corrected chi connectivity index (χ4v) is 4.15. The predicted octanol–water partition coefficient (Wildman–Crippen LogP) is 4.70. The number of hydrogen-bond donors (Lipinski definition) is 0. The van der Waals surface area contributed by atoms with Crippen LogP contribution in [0.15, 0.2) is 36.4 Å². The third-order valence-electron chi connectivity index (χ3n) is 4.98. The number of unbranched alkanes of at least 4 members (excludes halogenated alkanes) is 1. The average Bonchev–Trinajstić information content (AvgIpc) is 3.20. The van der Waals surface area contributed by atoms with Crippen LogP contribution in [-0.4, -0.2) is 63.8 Å². The Balaban J connectivity index is 1.94. The fraction of sp³-hybridized carbons (Fsp3) is 0.417. The maximum Gasteiger partial charge on any atom is 0.260 e. The number of fused-ring (bicyclic) bond motifs is 1. The first-order chi connectivity index (χ1) is 15.5. The molecule has 0 saturated heterocycles. The van der Waals surface area contributed by atoms with E-state index in [2.05, 4.69) is 6.92 Å². The first-order valence-electron chi connectivity index (χ1n) is 10.7. The molecule has 0 radical (unpaired) electrons. The number of anilines is 1. The van der Waals surface area contributed by atoms with Gasteiger partial charge in [-0.2, -0.15) is 0 Å². The van der Waals surface area contributed by atoms with E-state index in [0.29, 0.717) is 47.6 Å². The molecule has 1 amide bonds. The van der Waals surface area contributed by atoms with Gasteiger partial charge in [0.05, 0.1) is 31.0 Å². The molecule has 3 aromatic rings.